The van der Waals surface area contributed by atoms with Crippen LogP contribution in [0.3, 0.4) is 0 Å². The molecule has 0 aliphatic carbocycles. The van der Waals surface area contributed by atoms with Gasteiger partial charge in [0, 0.05) is 18.3 Å². The van der Waals surface area contributed by atoms with Gasteiger partial charge in [-0.1, -0.05) is 0 Å². The molecule has 12 heteroatoms. The minimum absolute atomic E-state index is 0.132. The second kappa shape index (κ2) is 8.83. The Morgan fingerprint density at radius 2 is 1.78 bits per heavy atom. The molecule has 1 atom stereocenters. The zero-order valence-electron chi connectivity index (χ0n) is 16.3. The van der Waals surface area contributed by atoms with Crippen molar-refractivity contribution in [2.24, 2.45) is 0 Å². The summed E-state index contributed by atoms with van der Waals surface area (Å²) in [5.41, 5.74) is -3.30. The first-order valence-electron chi connectivity index (χ1n) is 9.06. The molecular formula is C20H15F5N4O3. The van der Waals surface area contributed by atoms with Gasteiger partial charge in [0.15, 0.2) is 0 Å². The van der Waals surface area contributed by atoms with Crippen molar-refractivity contribution in [1.82, 2.24) is 20.1 Å². The first-order valence-corrected chi connectivity index (χ1v) is 9.06. The van der Waals surface area contributed by atoms with Gasteiger partial charge in [0.2, 0.25) is 0 Å². The summed E-state index contributed by atoms with van der Waals surface area (Å²) in [6, 6.07) is 4.11. The van der Waals surface area contributed by atoms with Crippen LogP contribution in [0.5, 0.6) is 0 Å². The van der Waals surface area contributed by atoms with Crippen LogP contribution in [0.1, 0.15) is 22.8 Å². The van der Waals surface area contributed by atoms with Crippen LogP contribution in [-0.4, -0.2) is 38.4 Å². The predicted molar refractivity (Wildman–Crippen MR) is 102 cm³/mol. The van der Waals surface area contributed by atoms with Crippen LogP contribution in [0, 0.1) is 11.6 Å². The lowest BCUT2D eigenvalue weighted by Gasteiger charge is -2.14. The van der Waals surface area contributed by atoms with Crippen LogP contribution < -0.4 is 10.9 Å². The average Bonchev–Trinajstić information content (AvgIpc) is 2.72. The summed E-state index contributed by atoms with van der Waals surface area (Å²) in [4.78, 5) is 29.1. The van der Waals surface area contributed by atoms with E-state index in [4.69, 9.17) is 5.11 Å². The average molecular weight is 454 g/mol. The highest BCUT2D eigenvalue weighted by molar-refractivity contribution is 5.94. The molecule has 0 unspecified atom stereocenters. The molecule has 2 heterocycles. The Labute approximate surface area is 177 Å². The Morgan fingerprint density at radius 3 is 2.31 bits per heavy atom. The highest BCUT2D eigenvalue weighted by atomic mass is 19.4. The maximum atomic E-state index is 13.7. The molecular weight excluding hydrogens is 439 g/mol. The van der Waals surface area contributed by atoms with Crippen molar-refractivity contribution < 1.29 is 31.9 Å². The lowest BCUT2D eigenvalue weighted by Crippen LogP contribution is -2.39. The quantitative estimate of drug-likeness (QED) is 0.578. The number of nitrogens with zero attached hydrogens (tertiary/aromatic N) is 3. The second-order valence-corrected chi connectivity index (χ2v) is 6.77. The van der Waals surface area contributed by atoms with Crippen molar-refractivity contribution in [2.75, 3.05) is 6.61 Å². The Hall–Kier alpha value is -3.67. The van der Waals surface area contributed by atoms with E-state index in [0.29, 0.717) is 16.9 Å². The number of pyridine rings is 1. The number of amides is 1. The molecule has 0 radical (unpaired) electrons. The zero-order chi connectivity index (χ0) is 23.6. The van der Waals surface area contributed by atoms with Gasteiger partial charge < -0.3 is 10.4 Å². The van der Waals surface area contributed by atoms with Crippen molar-refractivity contribution in [2.45, 2.75) is 19.1 Å². The number of carbonyl (C=O) groups is 1. The van der Waals surface area contributed by atoms with E-state index in [1.165, 1.54) is 6.92 Å². The van der Waals surface area contributed by atoms with E-state index in [2.05, 4.69) is 15.4 Å². The van der Waals surface area contributed by atoms with Crippen molar-refractivity contribution >= 4 is 5.91 Å². The highest BCUT2D eigenvalue weighted by Crippen LogP contribution is 2.29. The van der Waals surface area contributed by atoms with Crippen LogP contribution in [0.15, 0.2) is 47.4 Å². The van der Waals surface area contributed by atoms with Crippen LogP contribution in [0.2, 0.25) is 0 Å². The minimum atomic E-state index is -4.64. The third-order valence-electron chi connectivity index (χ3n) is 4.25. The molecule has 0 spiro atoms. The lowest BCUT2D eigenvalue weighted by atomic mass is 10.1. The van der Waals surface area contributed by atoms with Gasteiger partial charge in [-0.3, -0.25) is 14.6 Å². The summed E-state index contributed by atoms with van der Waals surface area (Å²) in [5.74, 6) is -2.98. The molecule has 3 rings (SSSR count). The summed E-state index contributed by atoms with van der Waals surface area (Å²) < 4.78 is 66.4. The number of hydrogen-bond acceptors (Lipinski definition) is 5. The van der Waals surface area contributed by atoms with E-state index in [1.54, 1.807) is 0 Å². The van der Waals surface area contributed by atoms with Crippen LogP contribution >= 0.6 is 0 Å². The van der Waals surface area contributed by atoms with Gasteiger partial charge in [-0.05, 0) is 37.3 Å². The zero-order valence-corrected chi connectivity index (χ0v) is 16.3. The third-order valence-corrected chi connectivity index (χ3v) is 4.25. The molecule has 0 saturated heterocycles. The summed E-state index contributed by atoms with van der Waals surface area (Å²) >= 11 is 0. The van der Waals surface area contributed by atoms with E-state index >= 15 is 0 Å². The number of rotatable bonds is 5. The van der Waals surface area contributed by atoms with Gasteiger partial charge in [-0.15, -0.1) is 0 Å². The molecule has 2 aromatic heterocycles. The predicted octanol–water partition coefficient (Wildman–Crippen LogP) is 2.70. The molecule has 2 N–H and O–H groups in total. The van der Waals surface area contributed by atoms with Gasteiger partial charge >= 0.3 is 6.18 Å². The molecule has 0 aliphatic heterocycles. The molecule has 1 aromatic carbocycles. The number of carbonyl (C=O) groups excluding carboxylic acids is 1. The molecule has 7 nitrogen and oxygen atoms in total. The Kier molecular flexibility index (Phi) is 6.35. The molecule has 32 heavy (non-hydrogen) atoms. The van der Waals surface area contributed by atoms with Gasteiger partial charge in [0.05, 0.1) is 23.6 Å². The summed E-state index contributed by atoms with van der Waals surface area (Å²) in [7, 11) is 0. The first kappa shape index (κ1) is 23.0. The molecule has 0 saturated carbocycles. The van der Waals surface area contributed by atoms with Crippen LogP contribution in [-0.2, 0) is 6.18 Å². The van der Waals surface area contributed by atoms with Crippen molar-refractivity contribution in [3.8, 4) is 17.1 Å². The van der Waals surface area contributed by atoms with Gasteiger partial charge in [0.25, 0.3) is 11.5 Å². The lowest BCUT2D eigenvalue weighted by molar-refractivity contribution is -0.137. The van der Waals surface area contributed by atoms with Gasteiger partial charge in [-0.2, -0.15) is 23.0 Å². The Bertz CT molecular complexity index is 1190. The van der Waals surface area contributed by atoms with E-state index in [1.807, 2.05) is 0 Å². The fraction of sp³-hybridized carbons (Fsp3) is 0.200. The Morgan fingerprint density at radius 1 is 1.12 bits per heavy atom. The van der Waals surface area contributed by atoms with E-state index in [9.17, 15) is 31.5 Å². The maximum absolute atomic E-state index is 13.7. The fourth-order valence-corrected chi connectivity index (χ4v) is 2.68. The van der Waals surface area contributed by atoms with Crippen molar-refractivity contribution in [3.63, 3.8) is 0 Å². The van der Waals surface area contributed by atoms with E-state index in [0.717, 1.165) is 30.3 Å². The van der Waals surface area contributed by atoms with E-state index in [-0.39, 0.29) is 17.1 Å². The van der Waals surface area contributed by atoms with Gasteiger partial charge in [0.1, 0.15) is 22.9 Å². The van der Waals surface area contributed by atoms with Crippen LogP contribution in [0.25, 0.3) is 17.1 Å². The topological polar surface area (TPSA) is 97.1 Å². The fourth-order valence-electron chi connectivity index (χ4n) is 2.68. The first-order chi connectivity index (χ1) is 15.0. The monoisotopic (exact) mass is 454 g/mol. The number of hydrogen-bond donors (Lipinski definition) is 2. The van der Waals surface area contributed by atoms with Crippen molar-refractivity contribution in [3.05, 3.63) is 75.7 Å². The normalized spacial score (nSPS) is 12.5. The summed E-state index contributed by atoms with van der Waals surface area (Å²) in [5, 5.41) is 15.4. The van der Waals surface area contributed by atoms with Crippen molar-refractivity contribution in [1.29, 1.82) is 0 Å². The molecule has 0 fully saturated rings. The molecule has 168 valence electrons. The number of nitrogens with one attached hydrogen (secondary N) is 1. The second-order valence-electron chi connectivity index (χ2n) is 6.77. The number of aliphatic hydroxyl groups excluding tert-OH is 1. The largest absolute Gasteiger partial charge is 0.417 e. The molecule has 0 bridgehead atoms. The standard InChI is InChI=1S/C20H15F5N4O3/c1-10(9-30)27-18(31)15-7-17(16-3-2-11(8-26-16)20(23,24)25)28-29(19(15)32)14-5-12(21)4-13(22)6-14/h2-8,10,30H,9H2,1H3,(H,27,31)/t10-/m0/s1. The molecule has 3 aromatic rings. The van der Waals surface area contributed by atoms with Gasteiger partial charge in [-0.25, -0.2) is 8.78 Å². The third kappa shape index (κ3) is 4.97. The number of aromatic nitrogens is 3. The Balaban J connectivity index is 2.20. The molecule has 1 amide bonds. The SMILES string of the molecule is C[C@@H](CO)NC(=O)c1cc(-c2ccc(C(F)(F)F)cn2)nn(-c2cc(F)cc(F)c2)c1=O. The van der Waals surface area contributed by atoms with E-state index < -0.39 is 53.1 Å². The number of halogens is 5. The molecule has 0 aliphatic rings. The smallest absolute Gasteiger partial charge is 0.394 e. The summed E-state index contributed by atoms with van der Waals surface area (Å²) in [6.07, 6.45) is -4.09. The highest BCUT2D eigenvalue weighted by Gasteiger charge is 2.31. The minimum Gasteiger partial charge on any atom is -0.394 e. The number of alkyl halides is 3. The maximum Gasteiger partial charge on any atom is 0.417 e. The summed E-state index contributed by atoms with van der Waals surface area (Å²) in [6.45, 7) is 1.02. The number of benzene rings is 1. The number of aliphatic hydroxyl groups is 1. The van der Waals surface area contributed by atoms with Crippen LogP contribution in [0.4, 0.5) is 22.0 Å².